The maximum atomic E-state index is 10.9. The molecule has 0 radical (unpaired) electrons. The van der Waals surface area contributed by atoms with Gasteiger partial charge in [-0.2, -0.15) is 0 Å². The van der Waals surface area contributed by atoms with Crippen LogP contribution in [0.1, 0.15) is 0 Å². The van der Waals surface area contributed by atoms with E-state index in [0.717, 1.165) is 5.39 Å². The first-order chi connectivity index (χ1) is 8.22. The number of carbonyl (C=O) groups is 1. The van der Waals surface area contributed by atoms with Gasteiger partial charge in [-0.3, -0.25) is 0 Å². The summed E-state index contributed by atoms with van der Waals surface area (Å²) < 4.78 is 0. The minimum absolute atomic E-state index is 0.0238. The van der Waals surface area contributed by atoms with E-state index >= 15 is 0 Å². The molecule has 0 aromatic heterocycles. The van der Waals surface area contributed by atoms with Crippen molar-refractivity contribution >= 4 is 22.5 Å². The molecule has 2 amide bonds. The first-order valence-electron chi connectivity index (χ1n) is 5.06. The smallest absolute Gasteiger partial charge is 0.359 e. The minimum atomic E-state index is -0.558. The van der Waals surface area contributed by atoms with Crippen LogP contribution in [0.4, 0.5) is 10.5 Å². The van der Waals surface area contributed by atoms with Crippen LogP contribution < -0.4 is 5.32 Å². The number of urea groups is 1. The average molecular weight is 229 g/mol. The van der Waals surface area contributed by atoms with E-state index < -0.39 is 6.03 Å². The van der Waals surface area contributed by atoms with Crippen LogP contribution in [0, 0.1) is 0 Å². The molecular weight excluding hydrogens is 218 g/mol. The predicted octanol–water partition coefficient (Wildman–Crippen LogP) is 2.97. The Hall–Kier alpha value is -2.43. The molecule has 0 unspecified atom stereocenters. The van der Waals surface area contributed by atoms with Crippen LogP contribution in [-0.4, -0.2) is 18.2 Å². The molecule has 2 N–H and O–H groups in total. The van der Waals surface area contributed by atoms with E-state index in [1.807, 2.05) is 24.3 Å². The molecule has 5 nitrogen and oxygen atoms in total. The number of hydrogen-bond donors (Lipinski definition) is 2. The van der Waals surface area contributed by atoms with Crippen molar-refractivity contribution in [1.82, 2.24) is 5.32 Å². The number of hydrogen-bond acceptors (Lipinski definition) is 3. The Labute approximate surface area is 97.8 Å². The standard InChI is InChI=1S/C12H11N3O2/c1-13-12(17)15-14-10-7-6-8-4-2-3-5-9(8)11(10)16/h2-7,16H,1H3,(H,13,17). The van der Waals surface area contributed by atoms with Crippen molar-refractivity contribution in [2.24, 2.45) is 10.2 Å². The second-order valence-electron chi connectivity index (χ2n) is 3.41. The summed E-state index contributed by atoms with van der Waals surface area (Å²) in [5.74, 6) is 0.0238. The number of amides is 2. The Kier molecular flexibility index (Phi) is 3.00. The highest BCUT2D eigenvalue weighted by atomic mass is 16.3. The molecule has 0 aliphatic heterocycles. The maximum absolute atomic E-state index is 10.9. The van der Waals surface area contributed by atoms with Crippen LogP contribution in [0.5, 0.6) is 5.75 Å². The Morgan fingerprint density at radius 1 is 1.24 bits per heavy atom. The highest BCUT2D eigenvalue weighted by molar-refractivity contribution is 5.92. The number of nitrogens with zero attached hydrogens (tertiary/aromatic N) is 2. The Morgan fingerprint density at radius 3 is 2.76 bits per heavy atom. The molecule has 86 valence electrons. The van der Waals surface area contributed by atoms with Crippen LogP contribution >= 0.6 is 0 Å². The van der Waals surface area contributed by atoms with E-state index in [2.05, 4.69) is 15.5 Å². The maximum Gasteiger partial charge on any atom is 0.359 e. The molecule has 0 fully saturated rings. The van der Waals surface area contributed by atoms with Gasteiger partial charge in [-0.05, 0) is 11.5 Å². The lowest BCUT2D eigenvalue weighted by Gasteiger charge is -2.02. The van der Waals surface area contributed by atoms with Crippen LogP contribution in [-0.2, 0) is 0 Å². The van der Waals surface area contributed by atoms with E-state index in [1.165, 1.54) is 7.05 Å². The molecule has 2 aromatic carbocycles. The van der Waals surface area contributed by atoms with Gasteiger partial charge in [-0.1, -0.05) is 35.4 Å². The van der Waals surface area contributed by atoms with Gasteiger partial charge < -0.3 is 10.4 Å². The molecule has 2 rings (SSSR count). The summed E-state index contributed by atoms with van der Waals surface area (Å²) in [6.07, 6.45) is 0. The molecule has 2 aromatic rings. The fraction of sp³-hybridized carbons (Fsp3) is 0.0833. The van der Waals surface area contributed by atoms with E-state index in [-0.39, 0.29) is 11.4 Å². The third-order valence-electron chi connectivity index (χ3n) is 2.34. The number of nitrogens with one attached hydrogen (secondary N) is 1. The number of benzene rings is 2. The van der Waals surface area contributed by atoms with Crippen LogP contribution in [0.2, 0.25) is 0 Å². The van der Waals surface area contributed by atoms with Gasteiger partial charge >= 0.3 is 6.03 Å². The fourth-order valence-electron chi connectivity index (χ4n) is 1.47. The van der Waals surface area contributed by atoms with Crippen molar-refractivity contribution in [2.75, 3.05) is 7.05 Å². The van der Waals surface area contributed by atoms with E-state index in [4.69, 9.17) is 0 Å². The normalized spacial score (nSPS) is 10.9. The molecular formula is C12H11N3O2. The van der Waals surface area contributed by atoms with Gasteiger partial charge in [0.2, 0.25) is 0 Å². The van der Waals surface area contributed by atoms with Crippen LogP contribution in [0.3, 0.4) is 0 Å². The Bertz CT molecular complexity index is 593. The summed E-state index contributed by atoms with van der Waals surface area (Å²) in [7, 11) is 1.46. The average Bonchev–Trinajstić information content (AvgIpc) is 2.38. The van der Waals surface area contributed by atoms with Crippen LogP contribution in [0.25, 0.3) is 10.8 Å². The van der Waals surface area contributed by atoms with Gasteiger partial charge in [0, 0.05) is 12.4 Å². The van der Waals surface area contributed by atoms with Crippen molar-refractivity contribution in [1.29, 1.82) is 0 Å². The summed E-state index contributed by atoms with van der Waals surface area (Å²) in [6, 6.07) is 10.2. The molecule has 0 heterocycles. The zero-order valence-corrected chi connectivity index (χ0v) is 9.21. The van der Waals surface area contributed by atoms with Gasteiger partial charge in [0.15, 0.2) is 5.75 Å². The molecule has 0 saturated carbocycles. The van der Waals surface area contributed by atoms with E-state index in [9.17, 15) is 9.90 Å². The summed E-state index contributed by atoms with van der Waals surface area (Å²) in [6.45, 7) is 0. The van der Waals surface area contributed by atoms with Crippen molar-refractivity contribution in [3.63, 3.8) is 0 Å². The topological polar surface area (TPSA) is 74.0 Å². The second-order valence-corrected chi connectivity index (χ2v) is 3.41. The minimum Gasteiger partial charge on any atom is -0.505 e. The van der Waals surface area contributed by atoms with Crippen molar-refractivity contribution < 1.29 is 9.90 Å². The summed E-state index contributed by atoms with van der Waals surface area (Å²) in [5.41, 5.74) is 0.271. The van der Waals surface area contributed by atoms with Gasteiger partial charge in [-0.25, -0.2) is 4.79 Å². The molecule has 0 aliphatic carbocycles. The van der Waals surface area contributed by atoms with Crippen molar-refractivity contribution in [3.8, 4) is 5.75 Å². The molecule has 0 spiro atoms. The van der Waals surface area contributed by atoms with Crippen LogP contribution in [0.15, 0.2) is 46.6 Å². The predicted molar refractivity (Wildman–Crippen MR) is 64.6 cm³/mol. The number of azo groups is 1. The summed E-state index contributed by atoms with van der Waals surface area (Å²) in [4.78, 5) is 10.9. The second kappa shape index (κ2) is 4.61. The van der Waals surface area contributed by atoms with E-state index in [1.54, 1.807) is 12.1 Å². The Morgan fingerprint density at radius 2 is 2.00 bits per heavy atom. The largest absolute Gasteiger partial charge is 0.505 e. The van der Waals surface area contributed by atoms with Gasteiger partial charge in [-0.15, -0.1) is 5.11 Å². The highest BCUT2D eigenvalue weighted by Crippen LogP contribution is 2.34. The SMILES string of the molecule is CNC(=O)N=Nc1ccc2ccccc2c1O. The zero-order chi connectivity index (χ0) is 12.3. The van der Waals surface area contributed by atoms with Gasteiger partial charge in [0.25, 0.3) is 0 Å². The number of rotatable bonds is 1. The lowest BCUT2D eigenvalue weighted by Crippen LogP contribution is -2.11. The lowest BCUT2D eigenvalue weighted by molar-refractivity contribution is 0.250. The lowest BCUT2D eigenvalue weighted by atomic mass is 10.1. The quantitative estimate of drug-likeness (QED) is 0.737. The zero-order valence-electron chi connectivity index (χ0n) is 9.21. The van der Waals surface area contributed by atoms with E-state index in [0.29, 0.717) is 5.39 Å². The number of phenolic OH excluding ortho intramolecular Hbond substituents is 1. The third kappa shape index (κ3) is 2.23. The molecule has 0 aliphatic rings. The molecule has 0 saturated heterocycles. The van der Waals surface area contributed by atoms with Gasteiger partial charge in [0.1, 0.15) is 5.69 Å². The van der Waals surface area contributed by atoms with Crippen molar-refractivity contribution in [2.45, 2.75) is 0 Å². The van der Waals surface area contributed by atoms with Gasteiger partial charge in [0.05, 0.1) is 0 Å². The first kappa shape index (κ1) is 11.1. The number of phenols is 1. The molecule has 17 heavy (non-hydrogen) atoms. The molecule has 0 bridgehead atoms. The number of fused-ring (bicyclic) bond motifs is 1. The number of aromatic hydroxyl groups is 1. The Balaban J connectivity index is 2.46. The van der Waals surface area contributed by atoms with Crippen molar-refractivity contribution in [3.05, 3.63) is 36.4 Å². The summed E-state index contributed by atoms with van der Waals surface area (Å²) >= 11 is 0. The molecule has 0 atom stereocenters. The first-order valence-corrected chi connectivity index (χ1v) is 5.06. The number of carbonyl (C=O) groups excluding carboxylic acids is 1. The molecule has 5 heteroatoms. The highest BCUT2D eigenvalue weighted by Gasteiger charge is 2.05. The summed E-state index contributed by atoms with van der Waals surface area (Å²) in [5, 5.41) is 20.9. The third-order valence-corrected chi connectivity index (χ3v) is 2.34. The monoisotopic (exact) mass is 229 g/mol. The fourth-order valence-corrected chi connectivity index (χ4v) is 1.47.